The Balaban J connectivity index is 0.00000320. The lowest BCUT2D eigenvalue weighted by molar-refractivity contribution is 0.172. The number of rotatable bonds is 8. The van der Waals surface area contributed by atoms with Crippen LogP contribution in [-0.2, 0) is 13.1 Å². The number of imidazole rings is 1. The second-order valence-corrected chi connectivity index (χ2v) is 7.94. The van der Waals surface area contributed by atoms with Gasteiger partial charge in [0.1, 0.15) is 5.82 Å². The lowest BCUT2D eigenvalue weighted by Crippen LogP contribution is -2.52. The first kappa shape index (κ1) is 24.9. The maximum absolute atomic E-state index is 6.11. The van der Waals surface area contributed by atoms with E-state index in [0.717, 1.165) is 82.0 Å². The van der Waals surface area contributed by atoms with Gasteiger partial charge in [-0.25, -0.2) is 4.98 Å². The zero-order chi connectivity index (χ0) is 20.5. The third-order valence-corrected chi connectivity index (χ3v) is 5.53. The van der Waals surface area contributed by atoms with Crippen LogP contribution in [0.2, 0.25) is 5.02 Å². The minimum atomic E-state index is 0. The fraction of sp³-hybridized carbons (Fsp3) is 0.545. The van der Waals surface area contributed by atoms with Crippen molar-refractivity contribution < 1.29 is 0 Å². The minimum Gasteiger partial charge on any atom is -0.357 e. The number of aryl methyl sites for hydroxylation is 2. The van der Waals surface area contributed by atoms with Gasteiger partial charge < -0.3 is 14.8 Å². The van der Waals surface area contributed by atoms with Crippen molar-refractivity contribution >= 4 is 41.5 Å². The molecule has 0 saturated carbocycles. The lowest BCUT2D eigenvalue weighted by Gasteiger charge is -2.36. The van der Waals surface area contributed by atoms with Gasteiger partial charge in [-0.1, -0.05) is 23.7 Å². The van der Waals surface area contributed by atoms with E-state index in [-0.39, 0.29) is 24.0 Å². The van der Waals surface area contributed by atoms with E-state index in [0.29, 0.717) is 0 Å². The Morgan fingerprint density at radius 1 is 1.20 bits per heavy atom. The molecule has 6 nitrogen and oxygen atoms in total. The largest absolute Gasteiger partial charge is 0.357 e. The standard InChI is InChI=1S/C22H33ClN6.HI/c1-3-24-22(26-9-4-5-11-28-12-10-25-19(28)2)29-15-13-27(14-16-29)18-20-7-6-8-21(23)17-20;/h6-8,10,12,17H,3-5,9,11,13-16,18H2,1-2H3,(H,24,26);1H. The number of hydrogen-bond donors (Lipinski definition) is 1. The van der Waals surface area contributed by atoms with E-state index in [4.69, 9.17) is 16.6 Å². The molecule has 0 aliphatic carbocycles. The number of guanidine groups is 1. The van der Waals surface area contributed by atoms with Crippen LogP contribution < -0.4 is 5.32 Å². The Morgan fingerprint density at radius 2 is 2.00 bits per heavy atom. The predicted molar refractivity (Wildman–Crippen MR) is 136 cm³/mol. The molecule has 166 valence electrons. The Bertz CT molecular complexity index is 785. The molecule has 0 amide bonds. The molecule has 2 aromatic rings. The summed E-state index contributed by atoms with van der Waals surface area (Å²) in [4.78, 5) is 14.0. The molecule has 0 radical (unpaired) electrons. The van der Waals surface area contributed by atoms with Crippen molar-refractivity contribution in [2.45, 2.75) is 39.8 Å². The smallest absolute Gasteiger partial charge is 0.194 e. The molecular formula is C22H34ClIN6. The highest BCUT2D eigenvalue weighted by atomic mass is 127. The van der Waals surface area contributed by atoms with Gasteiger partial charge in [-0.3, -0.25) is 9.89 Å². The summed E-state index contributed by atoms with van der Waals surface area (Å²) >= 11 is 6.11. The summed E-state index contributed by atoms with van der Waals surface area (Å²) in [6.45, 7) is 12.0. The zero-order valence-electron chi connectivity index (χ0n) is 18.1. The summed E-state index contributed by atoms with van der Waals surface area (Å²) in [6, 6.07) is 8.16. The summed E-state index contributed by atoms with van der Waals surface area (Å²) in [6.07, 6.45) is 6.11. The summed E-state index contributed by atoms with van der Waals surface area (Å²) in [5.74, 6) is 2.13. The fourth-order valence-corrected chi connectivity index (χ4v) is 3.87. The molecule has 3 rings (SSSR count). The Labute approximate surface area is 202 Å². The molecule has 1 aliphatic heterocycles. The molecule has 1 N–H and O–H groups in total. The Kier molecular flexibility index (Phi) is 11.0. The third kappa shape index (κ3) is 7.74. The van der Waals surface area contributed by atoms with Crippen LogP contribution in [0.1, 0.15) is 31.2 Å². The first-order valence-electron chi connectivity index (χ1n) is 10.6. The van der Waals surface area contributed by atoms with Crippen molar-refractivity contribution in [1.82, 2.24) is 24.7 Å². The quantitative estimate of drug-likeness (QED) is 0.236. The van der Waals surface area contributed by atoms with E-state index < -0.39 is 0 Å². The van der Waals surface area contributed by atoms with Crippen molar-refractivity contribution in [3.05, 3.63) is 53.1 Å². The van der Waals surface area contributed by atoms with Crippen molar-refractivity contribution in [1.29, 1.82) is 0 Å². The third-order valence-electron chi connectivity index (χ3n) is 5.29. The van der Waals surface area contributed by atoms with Crippen LogP contribution >= 0.6 is 35.6 Å². The number of aliphatic imine (C=N–C) groups is 1. The van der Waals surface area contributed by atoms with Gasteiger partial charge in [-0.05, 0) is 44.4 Å². The van der Waals surface area contributed by atoms with Crippen molar-refractivity contribution in [3.8, 4) is 0 Å². The molecule has 8 heteroatoms. The maximum Gasteiger partial charge on any atom is 0.194 e. The minimum absolute atomic E-state index is 0. The summed E-state index contributed by atoms with van der Waals surface area (Å²) in [5.41, 5.74) is 1.28. The van der Waals surface area contributed by atoms with Crippen LogP contribution in [0, 0.1) is 6.92 Å². The van der Waals surface area contributed by atoms with Gasteiger partial charge >= 0.3 is 0 Å². The van der Waals surface area contributed by atoms with Gasteiger partial charge in [0.15, 0.2) is 5.96 Å². The number of aromatic nitrogens is 2. The van der Waals surface area contributed by atoms with Crippen molar-refractivity contribution in [3.63, 3.8) is 0 Å². The van der Waals surface area contributed by atoms with Gasteiger partial charge in [-0.15, -0.1) is 24.0 Å². The maximum atomic E-state index is 6.11. The van der Waals surface area contributed by atoms with Crippen molar-refractivity contribution in [2.24, 2.45) is 4.99 Å². The SMILES string of the molecule is CCNC(=NCCCCn1ccnc1C)N1CCN(Cc2cccc(Cl)c2)CC1.I. The molecule has 1 aliphatic rings. The second-order valence-electron chi connectivity index (χ2n) is 7.50. The number of nitrogens with zero attached hydrogens (tertiary/aromatic N) is 5. The summed E-state index contributed by atoms with van der Waals surface area (Å²) < 4.78 is 2.20. The van der Waals surface area contributed by atoms with Gasteiger partial charge in [0.05, 0.1) is 0 Å². The van der Waals surface area contributed by atoms with Crippen LogP contribution in [0.3, 0.4) is 0 Å². The van der Waals surface area contributed by atoms with Crippen LogP contribution in [-0.4, -0.2) is 64.6 Å². The first-order valence-corrected chi connectivity index (χ1v) is 11.0. The van der Waals surface area contributed by atoms with E-state index >= 15 is 0 Å². The van der Waals surface area contributed by atoms with Crippen LogP contribution in [0.15, 0.2) is 41.7 Å². The first-order chi connectivity index (χ1) is 14.2. The molecule has 1 fully saturated rings. The summed E-state index contributed by atoms with van der Waals surface area (Å²) in [7, 11) is 0. The van der Waals surface area contributed by atoms with Crippen molar-refractivity contribution in [2.75, 3.05) is 39.3 Å². The molecule has 0 atom stereocenters. The molecule has 2 heterocycles. The number of halogens is 2. The molecule has 1 saturated heterocycles. The topological polar surface area (TPSA) is 48.7 Å². The van der Waals surface area contributed by atoms with Crippen LogP contribution in [0.5, 0.6) is 0 Å². The number of nitrogens with one attached hydrogen (secondary N) is 1. The molecule has 1 aromatic carbocycles. The van der Waals surface area contributed by atoms with E-state index in [2.05, 4.69) is 43.7 Å². The zero-order valence-corrected chi connectivity index (χ0v) is 21.1. The molecule has 30 heavy (non-hydrogen) atoms. The van der Waals surface area contributed by atoms with E-state index in [9.17, 15) is 0 Å². The van der Waals surface area contributed by atoms with Crippen LogP contribution in [0.4, 0.5) is 0 Å². The van der Waals surface area contributed by atoms with Gasteiger partial charge in [0.2, 0.25) is 0 Å². The number of benzene rings is 1. The Morgan fingerprint density at radius 3 is 2.67 bits per heavy atom. The highest BCUT2D eigenvalue weighted by molar-refractivity contribution is 14.0. The van der Waals surface area contributed by atoms with E-state index in [1.165, 1.54) is 5.56 Å². The molecule has 1 aromatic heterocycles. The highest BCUT2D eigenvalue weighted by Crippen LogP contribution is 2.14. The molecule has 0 bridgehead atoms. The predicted octanol–water partition coefficient (Wildman–Crippen LogP) is 4.03. The lowest BCUT2D eigenvalue weighted by atomic mass is 10.2. The second kappa shape index (κ2) is 13.2. The molecule has 0 spiro atoms. The van der Waals surface area contributed by atoms with E-state index in [1.807, 2.05) is 31.5 Å². The molecular weight excluding hydrogens is 511 g/mol. The van der Waals surface area contributed by atoms with E-state index in [1.54, 1.807) is 0 Å². The monoisotopic (exact) mass is 544 g/mol. The fourth-order valence-electron chi connectivity index (χ4n) is 3.66. The summed E-state index contributed by atoms with van der Waals surface area (Å²) in [5, 5.41) is 4.27. The highest BCUT2D eigenvalue weighted by Gasteiger charge is 2.19. The molecule has 0 unspecified atom stereocenters. The van der Waals surface area contributed by atoms with Gasteiger partial charge in [0, 0.05) is 69.8 Å². The average Bonchev–Trinajstić information content (AvgIpc) is 3.12. The van der Waals surface area contributed by atoms with Crippen LogP contribution in [0.25, 0.3) is 0 Å². The number of hydrogen-bond acceptors (Lipinski definition) is 3. The number of piperazine rings is 1. The number of unbranched alkanes of at least 4 members (excludes halogenated alkanes) is 1. The average molecular weight is 545 g/mol. The Hall–Kier alpha value is -1.32. The van der Waals surface area contributed by atoms with Gasteiger partial charge in [-0.2, -0.15) is 0 Å². The normalized spacial score (nSPS) is 15.2. The van der Waals surface area contributed by atoms with Gasteiger partial charge in [0.25, 0.3) is 0 Å².